The topological polar surface area (TPSA) is 29.5 Å². The van der Waals surface area contributed by atoms with Gasteiger partial charge in [-0.1, -0.05) is 31.4 Å². The van der Waals surface area contributed by atoms with E-state index in [-0.39, 0.29) is 12.2 Å². The molecule has 3 atom stereocenters. The Balaban J connectivity index is 2.33. The van der Waals surface area contributed by atoms with Crippen molar-refractivity contribution in [3.05, 3.63) is 24.0 Å². The van der Waals surface area contributed by atoms with Crippen molar-refractivity contribution in [3.63, 3.8) is 0 Å². The molecule has 2 heteroatoms. The van der Waals surface area contributed by atoms with Gasteiger partial charge in [0.15, 0.2) is 0 Å². The second-order valence-electron chi connectivity index (χ2n) is 6.13. The SMILES string of the molecule is CCCCC/C=C1/CCCC1/C=C\O[C@@H](C)C[C@H](C)O. The molecule has 1 aliphatic rings. The quantitative estimate of drug-likeness (QED) is 0.366. The van der Waals surface area contributed by atoms with Crippen molar-refractivity contribution in [2.75, 3.05) is 0 Å². The molecule has 1 saturated carbocycles. The lowest BCUT2D eigenvalue weighted by molar-refractivity contribution is 0.0873. The van der Waals surface area contributed by atoms with Gasteiger partial charge in [-0.3, -0.25) is 0 Å². The Hall–Kier alpha value is -0.760. The standard InChI is InChI=1S/C18H32O2/c1-4-5-6-7-9-17-10-8-11-18(17)12-13-20-16(3)14-15(2)19/h9,12-13,15-16,18-19H,4-8,10-11,14H2,1-3H3/b13-12-,17-9-/t15-,16-,18?/m0/s1. The summed E-state index contributed by atoms with van der Waals surface area (Å²) in [4.78, 5) is 0. The molecular formula is C18H32O2. The fraction of sp³-hybridized carbons (Fsp3) is 0.778. The first-order valence-corrected chi connectivity index (χ1v) is 8.32. The van der Waals surface area contributed by atoms with Crippen LogP contribution < -0.4 is 0 Å². The normalized spacial score (nSPS) is 24.4. The van der Waals surface area contributed by atoms with Crippen LogP contribution >= 0.6 is 0 Å². The first-order chi connectivity index (χ1) is 9.63. The molecule has 0 heterocycles. The summed E-state index contributed by atoms with van der Waals surface area (Å²) in [6.45, 7) is 6.06. The molecule has 0 aromatic heterocycles. The Morgan fingerprint density at radius 2 is 2.15 bits per heavy atom. The highest BCUT2D eigenvalue weighted by Crippen LogP contribution is 2.32. The van der Waals surface area contributed by atoms with Crippen LogP contribution in [0.4, 0.5) is 0 Å². The average Bonchev–Trinajstić information content (AvgIpc) is 2.81. The van der Waals surface area contributed by atoms with Gasteiger partial charge >= 0.3 is 0 Å². The van der Waals surface area contributed by atoms with Crippen LogP contribution in [0.2, 0.25) is 0 Å². The molecule has 20 heavy (non-hydrogen) atoms. The molecule has 0 saturated heterocycles. The number of hydrogen-bond acceptors (Lipinski definition) is 2. The third-order valence-electron chi connectivity index (χ3n) is 3.97. The summed E-state index contributed by atoms with van der Waals surface area (Å²) in [5, 5.41) is 9.30. The van der Waals surface area contributed by atoms with E-state index in [2.05, 4.69) is 19.1 Å². The van der Waals surface area contributed by atoms with E-state index in [1.807, 2.05) is 13.2 Å². The van der Waals surface area contributed by atoms with Gasteiger partial charge in [0.25, 0.3) is 0 Å². The molecule has 0 radical (unpaired) electrons. The van der Waals surface area contributed by atoms with Gasteiger partial charge in [-0.15, -0.1) is 0 Å². The van der Waals surface area contributed by atoms with Crippen LogP contribution in [0.5, 0.6) is 0 Å². The van der Waals surface area contributed by atoms with Crippen LogP contribution in [0.1, 0.15) is 72.1 Å². The minimum absolute atomic E-state index is 0.0876. The third kappa shape index (κ3) is 7.14. The van der Waals surface area contributed by atoms with E-state index in [0.717, 1.165) is 0 Å². The van der Waals surface area contributed by atoms with E-state index in [1.165, 1.54) is 44.9 Å². The highest BCUT2D eigenvalue weighted by molar-refractivity contribution is 5.16. The van der Waals surface area contributed by atoms with Gasteiger partial charge in [-0.2, -0.15) is 0 Å². The van der Waals surface area contributed by atoms with Gasteiger partial charge in [0, 0.05) is 12.3 Å². The Morgan fingerprint density at radius 3 is 2.85 bits per heavy atom. The maximum Gasteiger partial charge on any atom is 0.0974 e. The smallest absolute Gasteiger partial charge is 0.0974 e. The van der Waals surface area contributed by atoms with Crippen molar-refractivity contribution in [1.82, 2.24) is 0 Å². The predicted octanol–water partition coefficient (Wildman–Crippen LogP) is 4.98. The maximum absolute atomic E-state index is 9.30. The highest BCUT2D eigenvalue weighted by atomic mass is 16.5. The molecule has 1 rings (SSSR count). The van der Waals surface area contributed by atoms with Gasteiger partial charge < -0.3 is 9.84 Å². The fourth-order valence-electron chi connectivity index (χ4n) is 2.86. The van der Waals surface area contributed by atoms with E-state index < -0.39 is 0 Å². The van der Waals surface area contributed by atoms with Crippen molar-refractivity contribution in [3.8, 4) is 0 Å². The number of aliphatic hydroxyl groups is 1. The second-order valence-corrected chi connectivity index (χ2v) is 6.13. The molecule has 1 fully saturated rings. The van der Waals surface area contributed by atoms with Crippen molar-refractivity contribution >= 4 is 0 Å². The molecule has 0 aromatic rings. The molecular weight excluding hydrogens is 248 g/mol. The lowest BCUT2D eigenvalue weighted by Gasteiger charge is -2.13. The van der Waals surface area contributed by atoms with Gasteiger partial charge in [0.1, 0.15) is 0 Å². The minimum atomic E-state index is -0.293. The minimum Gasteiger partial charge on any atom is -0.499 e. The van der Waals surface area contributed by atoms with Gasteiger partial charge in [-0.05, 0) is 52.0 Å². The molecule has 0 aromatic carbocycles. The predicted molar refractivity (Wildman–Crippen MR) is 85.6 cm³/mol. The summed E-state index contributed by atoms with van der Waals surface area (Å²) in [6, 6.07) is 0. The molecule has 1 unspecified atom stereocenters. The van der Waals surface area contributed by atoms with Crippen molar-refractivity contribution in [2.24, 2.45) is 5.92 Å². The molecule has 0 spiro atoms. The summed E-state index contributed by atoms with van der Waals surface area (Å²) in [6.07, 6.45) is 16.0. The Kier molecular flexibility index (Phi) is 8.68. The van der Waals surface area contributed by atoms with Crippen LogP contribution in [0.15, 0.2) is 24.0 Å². The van der Waals surface area contributed by atoms with E-state index in [9.17, 15) is 5.11 Å². The van der Waals surface area contributed by atoms with E-state index in [4.69, 9.17) is 4.74 Å². The number of rotatable bonds is 9. The van der Waals surface area contributed by atoms with Crippen LogP contribution in [0.3, 0.4) is 0 Å². The number of unbranched alkanes of at least 4 members (excludes halogenated alkanes) is 3. The van der Waals surface area contributed by atoms with E-state index in [1.54, 1.807) is 12.5 Å². The summed E-state index contributed by atoms with van der Waals surface area (Å²) in [5.41, 5.74) is 1.60. The van der Waals surface area contributed by atoms with E-state index >= 15 is 0 Å². The summed E-state index contributed by atoms with van der Waals surface area (Å²) in [7, 11) is 0. The van der Waals surface area contributed by atoms with Crippen molar-refractivity contribution < 1.29 is 9.84 Å². The highest BCUT2D eigenvalue weighted by Gasteiger charge is 2.18. The maximum atomic E-state index is 9.30. The molecule has 116 valence electrons. The number of ether oxygens (including phenoxy) is 1. The molecule has 1 N–H and O–H groups in total. The first kappa shape index (κ1) is 17.3. The van der Waals surface area contributed by atoms with Gasteiger partial charge in [-0.25, -0.2) is 0 Å². The van der Waals surface area contributed by atoms with Gasteiger partial charge in [0.05, 0.1) is 18.5 Å². The van der Waals surface area contributed by atoms with Crippen LogP contribution in [0.25, 0.3) is 0 Å². The van der Waals surface area contributed by atoms with Crippen molar-refractivity contribution in [2.45, 2.75) is 84.3 Å². The zero-order valence-electron chi connectivity index (χ0n) is 13.5. The largest absolute Gasteiger partial charge is 0.499 e. The van der Waals surface area contributed by atoms with E-state index in [0.29, 0.717) is 12.3 Å². The Morgan fingerprint density at radius 1 is 1.35 bits per heavy atom. The van der Waals surface area contributed by atoms with Crippen molar-refractivity contribution in [1.29, 1.82) is 0 Å². The first-order valence-electron chi connectivity index (χ1n) is 8.32. The fourth-order valence-corrected chi connectivity index (χ4v) is 2.86. The van der Waals surface area contributed by atoms with Gasteiger partial charge in [0.2, 0.25) is 0 Å². The molecule has 2 nitrogen and oxygen atoms in total. The summed E-state index contributed by atoms with van der Waals surface area (Å²) < 4.78 is 5.64. The van der Waals surface area contributed by atoms with Crippen LogP contribution in [-0.4, -0.2) is 17.3 Å². The second kappa shape index (κ2) is 10.0. The summed E-state index contributed by atoms with van der Waals surface area (Å²) in [5.74, 6) is 0.579. The Labute approximate surface area is 124 Å². The van der Waals surface area contributed by atoms with Crippen LogP contribution in [-0.2, 0) is 4.74 Å². The molecule has 0 amide bonds. The Bertz CT molecular complexity index is 305. The molecule has 0 bridgehead atoms. The zero-order valence-corrected chi connectivity index (χ0v) is 13.5. The number of allylic oxidation sites excluding steroid dienone is 3. The molecule has 1 aliphatic carbocycles. The lowest BCUT2D eigenvalue weighted by atomic mass is 10.0. The zero-order chi connectivity index (χ0) is 14.8. The average molecular weight is 280 g/mol. The monoisotopic (exact) mass is 280 g/mol. The molecule has 0 aliphatic heterocycles. The third-order valence-corrected chi connectivity index (χ3v) is 3.97. The van der Waals surface area contributed by atoms with Crippen LogP contribution in [0, 0.1) is 5.92 Å². The number of aliphatic hydroxyl groups excluding tert-OH is 1. The lowest BCUT2D eigenvalue weighted by Crippen LogP contribution is -2.13. The number of hydrogen-bond donors (Lipinski definition) is 1. The summed E-state index contributed by atoms with van der Waals surface area (Å²) >= 11 is 0.